The fraction of sp³-hybridized carbons (Fsp3) is 0.333. The molecule has 1 aliphatic heterocycles. The highest BCUT2D eigenvalue weighted by atomic mass is 32.2. The summed E-state index contributed by atoms with van der Waals surface area (Å²) in [6.45, 7) is 8.82. The number of nitrogens with zero attached hydrogens (tertiary/aromatic N) is 3. The second-order valence-electron chi connectivity index (χ2n) is 8.29. The minimum atomic E-state index is -3.81. The minimum Gasteiger partial charge on any atom is -0.312 e. The molecule has 0 saturated carbocycles. The zero-order chi connectivity index (χ0) is 23.8. The first kappa shape index (κ1) is 23.5. The highest BCUT2D eigenvalue weighted by Gasteiger charge is 2.33. The Morgan fingerprint density at radius 2 is 1.94 bits per heavy atom. The number of hydrogen-bond donors (Lipinski definition) is 0. The Hall–Kier alpha value is -2.62. The first-order chi connectivity index (χ1) is 15.7. The van der Waals surface area contributed by atoms with Crippen molar-refractivity contribution in [3.8, 4) is 0 Å². The minimum absolute atomic E-state index is 0.0213. The number of thiazole rings is 1. The topological polar surface area (TPSA) is 71.7 Å². The number of aryl methyl sites for hydroxylation is 2. The molecule has 0 aliphatic carbocycles. The smallest absolute Gasteiger partial charge is 0.252 e. The Balaban J connectivity index is 1.64. The van der Waals surface area contributed by atoms with Crippen molar-refractivity contribution >= 4 is 37.5 Å². The van der Waals surface area contributed by atoms with Gasteiger partial charge < -0.3 is 4.57 Å². The number of sulfonamides is 1. The van der Waals surface area contributed by atoms with Gasteiger partial charge in [-0.05, 0) is 74.2 Å². The zero-order valence-electron chi connectivity index (χ0n) is 18.6. The molecule has 1 unspecified atom stereocenters. The molecule has 1 fully saturated rings. The highest BCUT2D eigenvalue weighted by molar-refractivity contribution is 7.89. The quantitative estimate of drug-likeness (QED) is 0.507. The number of rotatable bonds is 5. The van der Waals surface area contributed by atoms with E-state index < -0.39 is 21.8 Å². The van der Waals surface area contributed by atoms with E-state index in [-0.39, 0.29) is 17.3 Å². The number of allylic oxidation sites excluding steroid dienone is 1. The Morgan fingerprint density at radius 1 is 1.24 bits per heavy atom. The summed E-state index contributed by atoms with van der Waals surface area (Å²) in [5.74, 6) is -1.35. The Bertz CT molecular complexity index is 1390. The predicted molar refractivity (Wildman–Crippen MR) is 128 cm³/mol. The number of carbonyl (C=O) groups excluding carboxylic acids is 1. The SMILES string of the molecule is C=CCn1c(=NC(=O)C2CCCN(S(=O)(=O)c3ccc(F)cc3)C2)sc2cc(C)c(C)cc21. The maximum absolute atomic E-state index is 13.2. The van der Waals surface area contributed by atoms with E-state index in [0.717, 1.165) is 27.9 Å². The third-order valence-corrected chi connectivity index (χ3v) is 8.92. The van der Waals surface area contributed by atoms with Crippen LogP contribution in [0.3, 0.4) is 0 Å². The molecule has 2 heterocycles. The molecule has 0 radical (unpaired) electrons. The van der Waals surface area contributed by atoms with Gasteiger partial charge in [0, 0.05) is 19.6 Å². The zero-order valence-corrected chi connectivity index (χ0v) is 20.3. The van der Waals surface area contributed by atoms with E-state index in [0.29, 0.717) is 30.7 Å². The maximum atomic E-state index is 13.2. The number of piperidine rings is 1. The number of aromatic nitrogens is 1. The lowest BCUT2D eigenvalue weighted by Crippen LogP contribution is -2.42. The molecule has 1 amide bonds. The van der Waals surface area contributed by atoms with Gasteiger partial charge in [0.1, 0.15) is 5.82 Å². The van der Waals surface area contributed by atoms with Crippen molar-refractivity contribution in [2.75, 3.05) is 13.1 Å². The lowest BCUT2D eigenvalue weighted by Gasteiger charge is -2.30. The van der Waals surface area contributed by atoms with Gasteiger partial charge in [0.15, 0.2) is 4.80 Å². The normalized spacial score (nSPS) is 18.0. The molecule has 2 aromatic carbocycles. The summed E-state index contributed by atoms with van der Waals surface area (Å²) < 4.78 is 43.5. The molecular weight excluding hydrogens is 461 g/mol. The summed E-state index contributed by atoms with van der Waals surface area (Å²) >= 11 is 1.44. The maximum Gasteiger partial charge on any atom is 0.252 e. The van der Waals surface area contributed by atoms with Gasteiger partial charge in [-0.15, -0.1) is 6.58 Å². The molecule has 1 atom stereocenters. The van der Waals surface area contributed by atoms with E-state index in [1.807, 2.05) is 18.4 Å². The predicted octanol–water partition coefficient (Wildman–Crippen LogP) is 4.17. The molecule has 174 valence electrons. The summed E-state index contributed by atoms with van der Waals surface area (Å²) in [5.41, 5.74) is 3.32. The van der Waals surface area contributed by atoms with Crippen LogP contribution in [-0.2, 0) is 21.4 Å². The summed E-state index contributed by atoms with van der Waals surface area (Å²) in [6, 6.07) is 8.93. The average molecular weight is 488 g/mol. The fourth-order valence-corrected chi connectivity index (χ4v) is 6.66. The lowest BCUT2D eigenvalue weighted by atomic mass is 9.99. The van der Waals surface area contributed by atoms with Crippen molar-refractivity contribution in [3.63, 3.8) is 0 Å². The summed E-state index contributed by atoms with van der Waals surface area (Å²) in [6.07, 6.45) is 2.90. The van der Waals surface area contributed by atoms with Crippen LogP contribution in [0.5, 0.6) is 0 Å². The molecule has 3 aromatic rings. The van der Waals surface area contributed by atoms with Crippen LogP contribution in [0.1, 0.15) is 24.0 Å². The van der Waals surface area contributed by atoms with Gasteiger partial charge in [0.2, 0.25) is 10.0 Å². The van der Waals surface area contributed by atoms with Crippen molar-refractivity contribution in [2.45, 2.75) is 38.1 Å². The van der Waals surface area contributed by atoms with E-state index in [4.69, 9.17) is 0 Å². The van der Waals surface area contributed by atoms with Crippen molar-refractivity contribution in [1.82, 2.24) is 8.87 Å². The lowest BCUT2D eigenvalue weighted by molar-refractivity contribution is -0.122. The molecule has 1 saturated heterocycles. The second-order valence-corrected chi connectivity index (χ2v) is 11.2. The number of amides is 1. The molecule has 1 aromatic heterocycles. The van der Waals surface area contributed by atoms with E-state index in [2.05, 4.69) is 23.7 Å². The Labute approximate surface area is 196 Å². The number of benzene rings is 2. The molecule has 0 bridgehead atoms. The van der Waals surface area contributed by atoms with Crippen molar-refractivity contribution in [2.24, 2.45) is 10.9 Å². The first-order valence-electron chi connectivity index (χ1n) is 10.8. The van der Waals surface area contributed by atoms with Crippen molar-refractivity contribution in [1.29, 1.82) is 0 Å². The van der Waals surface area contributed by atoms with Crippen LogP contribution in [0, 0.1) is 25.6 Å². The van der Waals surface area contributed by atoms with Crippen LogP contribution in [0.15, 0.2) is 58.9 Å². The third-order valence-electron chi connectivity index (χ3n) is 6.00. The van der Waals surface area contributed by atoms with Gasteiger partial charge in [0.05, 0.1) is 21.0 Å². The van der Waals surface area contributed by atoms with Gasteiger partial charge in [-0.1, -0.05) is 17.4 Å². The largest absolute Gasteiger partial charge is 0.312 e. The molecule has 6 nitrogen and oxygen atoms in total. The van der Waals surface area contributed by atoms with Crippen molar-refractivity contribution in [3.05, 3.63) is 70.8 Å². The van der Waals surface area contributed by atoms with E-state index in [9.17, 15) is 17.6 Å². The molecule has 9 heteroatoms. The Morgan fingerprint density at radius 3 is 2.64 bits per heavy atom. The monoisotopic (exact) mass is 487 g/mol. The molecular formula is C24H26FN3O3S2. The average Bonchev–Trinajstić information content (AvgIpc) is 3.10. The molecule has 1 aliphatic rings. The van der Waals surface area contributed by atoms with Crippen LogP contribution in [-0.4, -0.2) is 36.3 Å². The summed E-state index contributed by atoms with van der Waals surface area (Å²) in [5, 5.41) is 0. The van der Waals surface area contributed by atoms with Crippen LogP contribution in [0.4, 0.5) is 4.39 Å². The van der Waals surface area contributed by atoms with Gasteiger partial charge >= 0.3 is 0 Å². The third kappa shape index (κ3) is 4.71. The van der Waals surface area contributed by atoms with E-state index in [1.165, 1.54) is 33.3 Å². The first-order valence-corrected chi connectivity index (χ1v) is 13.0. The fourth-order valence-electron chi connectivity index (χ4n) is 4.02. The number of carbonyl (C=O) groups is 1. The van der Waals surface area contributed by atoms with Gasteiger partial charge in [-0.2, -0.15) is 9.30 Å². The van der Waals surface area contributed by atoms with Crippen LogP contribution in [0.2, 0.25) is 0 Å². The highest BCUT2D eigenvalue weighted by Crippen LogP contribution is 2.26. The number of hydrogen-bond acceptors (Lipinski definition) is 4. The van der Waals surface area contributed by atoms with Gasteiger partial charge in [-0.25, -0.2) is 12.8 Å². The molecule has 4 rings (SSSR count). The van der Waals surface area contributed by atoms with E-state index >= 15 is 0 Å². The van der Waals surface area contributed by atoms with E-state index in [1.54, 1.807) is 6.08 Å². The Kier molecular flexibility index (Phi) is 6.65. The molecule has 0 spiro atoms. The summed E-state index contributed by atoms with van der Waals surface area (Å²) in [4.78, 5) is 18.1. The number of halogens is 1. The molecule has 33 heavy (non-hydrogen) atoms. The van der Waals surface area contributed by atoms with Crippen LogP contribution in [0.25, 0.3) is 10.2 Å². The van der Waals surface area contributed by atoms with Crippen molar-refractivity contribution < 1.29 is 17.6 Å². The van der Waals surface area contributed by atoms with Gasteiger partial charge in [-0.3, -0.25) is 4.79 Å². The standard InChI is InChI=1S/C24H26FN3O3S2/c1-4-11-28-21-13-16(2)17(3)14-22(21)32-24(28)26-23(29)18-6-5-12-27(15-18)33(30,31)20-9-7-19(25)8-10-20/h4,7-10,13-14,18H,1,5-6,11-12,15H2,2-3H3. The van der Waals surface area contributed by atoms with Crippen LogP contribution >= 0.6 is 11.3 Å². The summed E-state index contributed by atoms with van der Waals surface area (Å²) in [7, 11) is -3.81. The van der Waals surface area contributed by atoms with Crippen LogP contribution < -0.4 is 4.80 Å². The van der Waals surface area contributed by atoms with Gasteiger partial charge in [0.25, 0.3) is 5.91 Å². The molecule has 0 N–H and O–H groups in total. The second kappa shape index (κ2) is 9.32. The number of fused-ring (bicyclic) bond motifs is 1.